The number of aryl methyl sites for hydroxylation is 1. The lowest BCUT2D eigenvalue weighted by Gasteiger charge is -2.15. The van der Waals surface area contributed by atoms with Crippen molar-refractivity contribution >= 4 is 20.9 Å². The van der Waals surface area contributed by atoms with E-state index in [9.17, 15) is 8.42 Å². The molecule has 2 aromatic rings. The Morgan fingerprint density at radius 3 is 2.92 bits per heavy atom. The van der Waals surface area contributed by atoms with E-state index < -0.39 is 10.0 Å². The molecule has 0 radical (unpaired) electrons. The molecule has 1 unspecified atom stereocenters. The molecule has 1 saturated carbocycles. The second-order valence-corrected chi connectivity index (χ2v) is 8.81. The van der Waals surface area contributed by atoms with E-state index in [4.69, 9.17) is 0 Å². The van der Waals surface area contributed by atoms with Crippen LogP contribution >= 0.6 is 0 Å². The lowest BCUT2D eigenvalue weighted by molar-refractivity contribution is 0.314. The Hall–Kier alpha value is -1.50. The summed E-state index contributed by atoms with van der Waals surface area (Å²) >= 11 is 0. The zero-order chi connectivity index (χ0) is 16.7. The number of nitrogens with one attached hydrogen (secondary N) is 1. The highest BCUT2D eigenvalue weighted by atomic mass is 32.2. The van der Waals surface area contributed by atoms with E-state index in [-0.39, 0.29) is 4.90 Å². The number of hydrogen-bond acceptors (Lipinski definition) is 4. The Balaban J connectivity index is 1.50. The number of pyridine rings is 1. The average molecular weight is 345 g/mol. The molecule has 2 aliphatic rings. The number of nitrogens with zero attached hydrogens (tertiary/aromatic N) is 2. The van der Waals surface area contributed by atoms with Crippen molar-refractivity contribution in [1.29, 1.82) is 0 Å². The maximum Gasteiger partial charge on any atom is 0.242 e. The molecule has 1 aromatic heterocycles. The molecule has 1 aliphatic carbocycles. The van der Waals surface area contributed by atoms with Crippen molar-refractivity contribution in [3.63, 3.8) is 0 Å². The summed E-state index contributed by atoms with van der Waals surface area (Å²) in [4.78, 5) is 7.12. The van der Waals surface area contributed by atoms with E-state index >= 15 is 0 Å². The predicted octanol–water partition coefficient (Wildman–Crippen LogP) is 2.31. The summed E-state index contributed by atoms with van der Waals surface area (Å²) in [5.74, 6) is 0.408. The molecular weight excluding hydrogens is 322 g/mol. The van der Waals surface area contributed by atoms with Gasteiger partial charge in [0.25, 0.3) is 0 Å². The lowest BCUT2D eigenvalue weighted by Crippen LogP contribution is -2.31. The van der Waals surface area contributed by atoms with Crippen LogP contribution in [-0.2, 0) is 10.0 Å². The zero-order valence-electron chi connectivity index (χ0n) is 13.9. The third kappa shape index (κ3) is 3.18. The number of sulfonamides is 1. The zero-order valence-corrected chi connectivity index (χ0v) is 14.7. The third-order valence-electron chi connectivity index (χ3n) is 5.04. The minimum absolute atomic E-state index is 0.275. The van der Waals surface area contributed by atoms with Crippen LogP contribution in [0.4, 0.5) is 0 Å². The lowest BCUT2D eigenvalue weighted by atomic mass is 10.1. The van der Waals surface area contributed by atoms with E-state index in [1.54, 1.807) is 18.3 Å². The molecule has 2 fully saturated rings. The Morgan fingerprint density at radius 2 is 2.12 bits per heavy atom. The second kappa shape index (κ2) is 6.10. The van der Waals surface area contributed by atoms with Crippen LogP contribution in [0.2, 0.25) is 0 Å². The van der Waals surface area contributed by atoms with Gasteiger partial charge < -0.3 is 4.90 Å². The van der Waals surface area contributed by atoms with Crippen molar-refractivity contribution in [3.05, 3.63) is 36.0 Å². The number of benzene rings is 1. The van der Waals surface area contributed by atoms with Gasteiger partial charge >= 0.3 is 0 Å². The van der Waals surface area contributed by atoms with Crippen LogP contribution in [-0.4, -0.2) is 44.0 Å². The Labute approximate surface area is 143 Å². The number of para-hydroxylation sites is 1. The predicted molar refractivity (Wildman–Crippen MR) is 94.4 cm³/mol. The molecular formula is C18H23N3O2S. The van der Waals surface area contributed by atoms with Crippen molar-refractivity contribution in [2.45, 2.75) is 37.1 Å². The summed E-state index contributed by atoms with van der Waals surface area (Å²) in [6.07, 6.45) is 5.40. The van der Waals surface area contributed by atoms with Crippen molar-refractivity contribution in [2.24, 2.45) is 5.92 Å². The van der Waals surface area contributed by atoms with Crippen LogP contribution in [0.15, 0.2) is 35.4 Å². The van der Waals surface area contributed by atoms with Gasteiger partial charge in [0.15, 0.2) is 0 Å². The van der Waals surface area contributed by atoms with Gasteiger partial charge in [-0.05, 0) is 56.3 Å². The topological polar surface area (TPSA) is 62.3 Å². The van der Waals surface area contributed by atoms with Crippen molar-refractivity contribution in [1.82, 2.24) is 14.6 Å². The molecule has 2 heterocycles. The third-order valence-corrected chi connectivity index (χ3v) is 6.50. The van der Waals surface area contributed by atoms with Gasteiger partial charge in [-0.2, -0.15) is 0 Å². The van der Waals surface area contributed by atoms with Gasteiger partial charge in [0, 0.05) is 30.7 Å². The smallest absolute Gasteiger partial charge is 0.242 e. The normalized spacial score (nSPS) is 22.3. The first kappa shape index (κ1) is 16.0. The highest BCUT2D eigenvalue weighted by molar-refractivity contribution is 7.89. The maximum absolute atomic E-state index is 12.8. The molecule has 128 valence electrons. The molecule has 5 nitrogen and oxygen atoms in total. The SMILES string of the molecule is Cc1cnc2c(S(=O)(=O)NCC3CCN(C4CC4)C3)cccc2c1. The van der Waals surface area contributed by atoms with Gasteiger partial charge in [0.2, 0.25) is 10.0 Å². The quantitative estimate of drug-likeness (QED) is 0.903. The fraction of sp³-hybridized carbons (Fsp3) is 0.500. The number of aromatic nitrogens is 1. The molecule has 0 bridgehead atoms. The molecule has 1 N–H and O–H groups in total. The van der Waals surface area contributed by atoms with Gasteiger partial charge in [-0.3, -0.25) is 4.98 Å². The first-order chi connectivity index (χ1) is 11.5. The summed E-state index contributed by atoms with van der Waals surface area (Å²) in [7, 11) is -3.54. The van der Waals surface area contributed by atoms with Crippen LogP contribution in [0.5, 0.6) is 0 Å². The Bertz CT molecular complexity index is 862. The number of hydrogen-bond donors (Lipinski definition) is 1. The largest absolute Gasteiger partial charge is 0.300 e. The highest BCUT2D eigenvalue weighted by Crippen LogP contribution is 2.31. The molecule has 24 heavy (non-hydrogen) atoms. The van der Waals surface area contributed by atoms with Gasteiger partial charge in [0.1, 0.15) is 4.90 Å². The summed E-state index contributed by atoms with van der Waals surface area (Å²) in [6, 6.07) is 8.04. The Kier molecular flexibility index (Phi) is 4.06. The van der Waals surface area contributed by atoms with Gasteiger partial charge in [0.05, 0.1) is 5.52 Å². The van der Waals surface area contributed by atoms with Crippen LogP contribution in [0.3, 0.4) is 0 Å². The van der Waals surface area contributed by atoms with Crippen molar-refractivity contribution in [2.75, 3.05) is 19.6 Å². The first-order valence-electron chi connectivity index (χ1n) is 8.62. The molecule has 1 atom stereocenters. The summed E-state index contributed by atoms with van der Waals surface area (Å²) in [6.45, 7) is 4.58. The van der Waals surface area contributed by atoms with Crippen molar-refractivity contribution < 1.29 is 8.42 Å². The van der Waals surface area contributed by atoms with Crippen LogP contribution < -0.4 is 4.72 Å². The van der Waals surface area contributed by atoms with E-state index in [0.717, 1.165) is 36.5 Å². The summed E-state index contributed by atoms with van der Waals surface area (Å²) in [5, 5.41) is 0.860. The minimum atomic E-state index is -3.54. The standard InChI is InChI=1S/C18H23N3O2S/c1-13-9-15-3-2-4-17(18(15)19-10-13)24(22,23)20-11-14-7-8-21(12-14)16-5-6-16/h2-4,9-10,14,16,20H,5-8,11-12H2,1H3. The summed E-state index contributed by atoms with van der Waals surface area (Å²) in [5.41, 5.74) is 1.57. The van der Waals surface area contributed by atoms with Gasteiger partial charge in [-0.15, -0.1) is 0 Å². The van der Waals surface area contributed by atoms with E-state index in [2.05, 4.69) is 14.6 Å². The number of fused-ring (bicyclic) bond motifs is 1. The number of likely N-dealkylation sites (tertiary alicyclic amines) is 1. The first-order valence-corrected chi connectivity index (χ1v) is 10.1. The number of rotatable bonds is 5. The molecule has 4 rings (SSSR count). The second-order valence-electron chi connectivity index (χ2n) is 7.07. The van der Waals surface area contributed by atoms with Crippen molar-refractivity contribution in [3.8, 4) is 0 Å². The van der Waals surface area contributed by atoms with E-state index in [0.29, 0.717) is 18.0 Å². The molecule has 1 saturated heterocycles. The molecule has 0 spiro atoms. The highest BCUT2D eigenvalue weighted by Gasteiger charge is 2.34. The van der Waals surface area contributed by atoms with E-state index in [1.807, 2.05) is 19.1 Å². The van der Waals surface area contributed by atoms with E-state index in [1.165, 1.54) is 12.8 Å². The maximum atomic E-state index is 12.8. The van der Waals surface area contributed by atoms with Gasteiger partial charge in [-0.1, -0.05) is 12.1 Å². The molecule has 1 aliphatic heterocycles. The molecule has 1 aromatic carbocycles. The monoisotopic (exact) mass is 345 g/mol. The Morgan fingerprint density at radius 1 is 1.29 bits per heavy atom. The van der Waals surface area contributed by atoms with Crippen LogP contribution in [0.1, 0.15) is 24.8 Å². The average Bonchev–Trinajstić information content (AvgIpc) is 3.30. The van der Waals surface area contributed by atoms with Crippen LogP contribution in [0, 0.1) is 12.8 Å². The van der Waals surface area contributed by atoms with Crippen LogP contribution in [0.25, 0.3) is 10.9 Å². The minimum Gasteiger partial charge on any atom is -0.300 e. The molecule has 0 amide bonds. The molecule has 6 heteroatoms. The fourth-order valence-corrected chi connectivity index (χ4v) is 4.86. The van der Waals surface area contributed by atoms with Gasteiger partial charge in [-0.25, -0.2) is 13.1 Å². The summed E-state index contributed by atoms with van der Waals surface area (Å²) < 4.78 is 28.3. The fourth-order valence-electron chi connectivity index (χ4n) is 3.57.